The zero-order valence-corrected chi connectivity index (χ0v) is 12.6. The third kappa shape index (κ3) is 3.05. The molecule has 1 aromatic heterocycles. The Balaban J connectivity index is 1.64. The zero-order valence-electron chi connectivity index (χ0n) is 11.8. The summed E-state index contributed by atoms with van der Waals surface area (Å²) in [5, 5.41) is 7.91. The molecule has 112 valence electrons. The van der Waals surface area contributed by atoms with Gasteiger partial charge in [0.2, 0.25) is 5.89 Å². The predicted molar refractivity (Wildman–Crippen MR) is 81.3 cm³/mol. The van der Waals surface area contributed by atoms with Gasteiger partial charge in [0.25, 0.3) is 0 Å². The van der Waals surface area contributed by atoms with E-state index in [4.69, 9.17) is 20.8 Å². The van der Waals surface area contributed by atoms with Crippen LogP contribution in [0.25, 0.3) is 0 Å². The standard InChI is InChI=1S/C14H17ClN4O2/c1-20-12-4-2-3-11(9-12)18-5-7-19(8-6-18)14-17-16-13(10-15)21-14/h2-4,9H,5-8,10H2,1H3. The minimum atomic E-state index is 0.247. The minimum absolute atomic E-state index is 0.247. The average molecular weight is 309 g/mol. The molecule has 0 bridgehead atoms. The van der Waals surface area contributed by atoms with Gasteiger partial charge in [0.15, 0.2) is 0 Å². The van der Waals surface area contributed by atoms with Gasteiger partial charge in [0, 0.05) is 37.9 Å². The lowest BCUT2D eigenvalue weighted by Crippen LogP contribution is -2.46. The lowest BCUT2D eigenvalue weighted by molar-refractivity contribution is 0.414. The fourth-order valence-electron chi connectivity index (χ4n) is 2.39. The number of benzene rings is 1. The fraction of sp³-hybridized carbons (Fsp3) is 0.429. The number of halogens is 1. The normalized spacial score (nSPS) is 15.3. The van der Waals surface area contributed by atoms with Crippen LogP contribution in [-0.2, 0) is 5.88 Å². The smallest absolute Gasteiger partial charge is 0.318 e. The molecule has 7 heteroatoms. The molecule has 2 aromatic rings. The SMILES string of the molecule is COc1cccc(N2CCN(c3nnc(CCl)o3)CC2)c1. The molecule has 1 aliphatic heterocycles. The van der Waals surface area contributed by atoms with E-state index in [0.717, 1.165) is 31.9 Å². The van der Waals surface area contributed by atoms with Crippen LogP contribution in [0.15, 0.2) is 28.7 Å². The number of aromatic nitrogens is 2. The molecule has 0 unspecified atom stereocenters. The highest BCUT2D eigenvalue weighted by Gasteiger charge is 2.21. The number of alkyl halides is 1. The fourth-order valence-corrected chi connectivity index (χ4v) is 2.50. The number of anilines is 2. The van der Waals surface area contributed by atoms with Crippen LogP contribution in [0.3, 0.4) is 0 Å². The Labute approximate surface area is 128 Å². The number of nitrogens with zero attached hydrogens (tertiary/aromatic N) is 4. The third-order valence-corrected chi connectivity index (χ3v) is 3.77. The van der Waals surface area contributed by atoms with E-state index in [1.165, 1.54) is 5.69 Å². The molecule has 1 aliphatic rings. The van der Waals surface area contributed by atoms with E-state index in [1.807, 2.05) is 18.2 Å². The first-order valence-corrected chi connectivity index (χ1v) is 7.36. The highest BCUT2D eigenvalue weighted by Crippen LogP contribution is 2.23. The lowest BCUT2D eigenvalue weighted by Gasteiger charge is -2.35. The van der Waals surface area contributed by atoms with Gasteiger partial charge in [0.1, 0.15) is 11.6 Å². The predicted octanol–water partition coefficient (Wildman–Crippen LogP) is 2.14. The molecule has 21 heavy (non-hydrogen) atoms. The number of methoxy groups -OCH3 is 1. The summed E-state index contributed by atoms with van der Waals surface area (Å²) in [7, 11) is 1.68. The van der Waals surface area contributed by atoms with Crippen LogP contribution in [0.2, 0.25) is 0 Å². The van der Waals surface area contributed by atoms with Crippen LogP contribution in [0.1, 0.15) is 5.89 Å². The molecule has 0 spiro atoms. The summed E-state index contributed by atoms with van der Waals surface area (Å²) in [6.45, 7) is 3.46. The quantitative estimate of drug-likeness (QED) is 0.807. The van der Waals surface area contributed by atoms with E-state index < -0.39 is 0 Å². The lowest BCUT2D eigenvalue weighted by atomic mass is 10.2. The number of piperazine rings is 1. The van der Waals surface area contributed by atoms with E-state index in [0.29, 0.717) is 11.9 Å². The molecular weight excluding hydrogens is 292 g/mol. The highest BCUT2D eigenvalue weighted by atomic mass is 35.5. The molecule has 0 atom stereocenters. The Morgan fingerprint density at radius 1 is 1.19 bits per heavy atom. The van der Waals surface area contributed by atoms with Crippen molar-refractivity contribution in [2.24, 2.45) is 0 Å². The van der Waals surface area contributed by atoms with Crippen molar-refractivity contribution in [1.29, 1.82) is 0 Å². The average Bonchev–Trinajstić information content (AvgIpc) is 3.04. The maximum atomic E-state index is 5.68. The monoisotopic (exact) mass is 308 g/mol. The van der Waals surface area contributed by atoms with Crippen molar-refractivity contribution in [2.45, 2.75) is 5.88 Å². The van der Waals surface area contributed by atoms with Crippen molar-refractivity contribution in [3.05, 3.63) is 30.2 Å². The summed E-state index contributed by atoms with van der Waals surface area (Å²) in [5.74, 6) is 1.58. The summed E-state index contributed by atoms with van der Waals surface area (Å²) in [6, 6.07) is 8.65. The van der Waals surface area contributed by atoms with Crippen molar-refractivity contribution >= 4 is 23.3 Å². The minimum Gasteiger partial charge on any atom is -0.497 e. The van der Waals surface area contributed by atoms with Crippen molar-refractivity contribution in [2.75, 3.05) is 43.1 Å². The number of rotatable bonds is 4. The van der Waals surface area contributed by atoms with Crippen LogP contribution in [0, 0.1) is 0 Å². The molecule has 1 fully saturated rings. The third-order valence-electron chi connectivity index (χ3n) is 3.54. The van der Waals surface area contributed by atoms with Gasteiger partial charge in [-0.05, 0) is 12.1 Å². The first kappa shape index (κ1) is 14.0. The molecule has 0 radical (unpaired) electrons. The maximum Gasteiger partial charge on any atom is 0.318 e. The van der Waals surface area contributed by atoms with Crippen LogP contribution < -0.4 is 14.5 Å². The topological polar surface area (TPSA) is 54.6 Å². The van der Waals surface area contributed by atoms with Gasteiger partial charge in [0.05, 0.1) is 7.11 Å². The largest absolute Gasteiger partial charge is 0.497 e. The Hall–Kier alpha value is -1.95. The second-order valence-electron chi connectivity index (χ2n) is 4.79. The van der Waals surface area contributed by atoms with Gasteiger partial charge in [-0.25, -0.2) is 0 Å². The summed E-state index contributed by atoms with van der Waals surface area (Å²) in [4.78, 5) is 4.40. The van der Waals surface area contributed by atoms with Gasteiger partial charge in [-0.2, -0.15) is 0 Å². The first-order chi connectivity index (χ1) is 10.3. The van der Waals surface area contributed by atoms with Crippen LogP contribution in [0.4, 0.5) is 11.7 Å². The number of hydrogen-bond donors (Lipinski definition) is 0. The first-order valence-electron chi connectivity index (χ1n) is 6.82. The number of hydrogen-bond acceptors (Lipinski definition) is 6. The molecule has 1 aromatic carbocycles. The van der Waals surface area contributed by atoms with Gasteiger partial charge in [-0.1, -0.05) is 11.2 Å². The van der Waals surface area contributed by atoms with E-state index in [9.17, 15) is 0 Å². The van der Waals surface area contributed by atoms with Crippen LogP contribution in [0.5, 0.6) is 5.75 Å². The van der Waals surface area contributed by atoms with Gasteiger partial charge in [-0.15, -0.1) is 16.7 Å². The van der Waals surface area contributed by atoms with Gasteiger partial charge >= 0.3 is 6.01 Å². The van der Waals surface area contributed by atoms with Crippen LogP contribution >= 0.6 is 11.6 Å². The van der Waals surface area contributed by atoms with Crippen molar-refractivity contribution < 1.29 is 9.15 Å². The Morgan fingerprint density at radius 2 is 1.95 bits per heavy atom. The second-order valence-corrected chi connectivity index (χ2v) is 5.05. The second kappa shape index (κ2) is 6.22. The Morgan fingerprint density at radius 3 is 2.62 bits per heavy atom. The molecule has 6 nitrogen and oxygen atoms in total. The van der Waals surface area contributed by atoms with Gasteiger partial charge in [-0.3, -0.25) is 0 Å². The Bertz CT molecular complexity index is 596. The molecule has 0 saturated carbocycles. The summed E-state index contributed by atoms with van der Waals surface area (Å²) in [6.07, 6.45) is 0. The molecule has 0 aliphatic carbocycles. The molecule has 3 rings (SSSR count). The van der Waals surface area contributed by atoms with E-state index >= 15 is 0 Å². The Kier molecular flexibility index (Phi) is 4.15. The number of ether oxygens (including phenoxy) is 1. The zero-order chi connectivity index (χ0) is 14.7. The van der Waals surface area contributed by atoms with Crippen molar-refractivity contribution in [1.82, 2.24) is 10.2 Å². The van der Waals surface area contributed by atoms with Crippen molar-refractivity contribution in [3.8, 4) is 5.75 Å². The van der Waals surface area contributed by atoms with E-state index in [1.54, 1.807) is 7.11 Å². The van der Waals surface area contributed by atoms with Crippen molar-refractivity contribution in [3.63, 3.8) is 0 Å². The van der Waals surface area contributed by atoms with E-state index in [2.05, 4.69) is 26.1 Å². The molecule has 0 amide bonds. The molecule has 2 heterocycles. The highest BCUT2D eigenvalue weighted by molar-refractivity contribution is 6.16. The molecule has 1 saturated heterocycles. The summed E-state index contributed by atoms with van der Waals surface area (Å²) < 4.78 is 10.8. The maximum absolute atomic E-state index is 5.68. The molecule has 0 N–H and O–H groups in total. The van der Waals surface area contributed by atoms with Gasteiger partial charge < -0.3 is 19.0 Å². The summed E-state index contributed by atoms with van der Waals surface area (Å²) in [5.41, 5.74) is 1.17. The van der Waals surface area contributed by atoms with Crippen LogP contribution in [-0.4, -0.2) is 43.5 Å². The molecular formula is C14H17ClN4O2. The summed E-state index contributed by atoms with van der Waals surface area (Å²) >= 11 is 5.68. The van der Waals surface area contributed by atoms with E-state index in [-0.39, 0.29) is 5.88 Å².